The van der Waals surface area contributed by atoms with Crippen LogP contribution in [0.3, 0.4) is 0 Å². The summed E-state index contributed by atoms with van der Waals surface area (Å²) >= 11 is 0. The summed E-state index contributed by atoms with van der Waals surface area (Å²) in [6, 6.07) is 0. The van der Waals surface area contributed by atoms with Gasteiger partial charge in [-0.15, -0.1) is 0 Å². The van der Waals surface area contributed by atoms with Crippen LogP contribution in [0.2, 0.25) is 0 Å². The van der Waals surface area contributed by atoms with Crippen LogP contribution in [0.15, 0.2) is 0 Å². The number of ketones is 1. The Morgan fingerprint density at radius 3 is 2.74 bits per heavy atom. The molecule has 2 aliphatic rings. The molecule has 0 radical (unpaired) electrons. The van der Waals surface area contributed by atoms with Gasteiger partial charge in [-0.3, -0.25) is 4.79 Å². The van der Waals surface area contributed by atoms with Crippen molar-refractivity contribution in [2.75, 3.05) is 20.1 Å². The summed E-state index contributed by atoms with van der Waals surface area (Å²) in [5.41, 5.74) is 4.94. The van der Waals surface area contributed by atoms with Crippen molar-refractivity contribution in [2.45, 2.75) is 33.1 Å². The lowest BCUT2D eigenvalue weighted by atomic mass is 9.72. The quantitative estimate of drug-likeness (QED) is 0.773. The van der Waals surface area contributed by atoms with Crippen molar-refractivity contribution in [1.82, 2.24) is 9.47 Å². The van der Waals surface area contributed by atoms with Gasteiger partial charge in [-0.1, -0.05) is 6.92 Å². The molecule has 1 aliphatic heterocycles. The van der Waals surface area contributed by atoms with E-state index in [0.717, 1.165) is 37.9 Å². The first-order chi connectivity index (χ1) is 9.04. The monoisotopic (exact) mass is 260 g/mol. The number of hydrogen-bond donors (Lipinski definition) is 0. The van der Waals surface area contributed by atoms with Crippen molar-refractivity contribution >= 4 is 5.78 Å². The molecule has 0 saturated carbocycles. The molecule has 19 heavy (non-hydrogen) atoms. The van der Waals surface area contributed by atoms with Crippen LogP contribution < -0.4 is 0 Å². The number of piperidine rings is 1. The molecule has 0 N–H and O–H groups in total. The molecule has 1 aromatic heterocycles. The third-order valence-electron chi connectivity index (χ3n) is 5.29. The fourth-order valence-corrected chi connectivity index (χ4v) is 4.03. The zero-order valence-corrected chi connectivity index (χ0v) is 12.5. The normalized spacial score (nSPS) is 27.3. The van der Waals surface area contributed by atoms with Crippen molar-refractivity contribution in [3.8, 4) is 0 Å². The van der Waals surface area contributed by atoms with Crippen molar-refractivity contribution < 1.29 is 4.79 Å². The Balaban J connectivity index is 2.09. The predicted octanol–water partition coefficient (Wildman–Crippen LogP) is 2.20. The lowest BCUT2D eigenvalue weighted by Crippen LogP contribution is -2.45. The Bertz CT molecular complexity index is 529. The van der Waals surface area contributed by atoms with Gasteiger partial charge in [-0.2, -0.15) is 0 Å². The third kappa shape index (κ3) is 1.78. The van der Waals surface area contributed by atoms with Crippen LogP contribution in [-0.4, -0.2) is 35.4 Å². The van der Waals surface area contributed by atoms with E-state index in [9.17, 15) is 4.79 Å². The fourth-order valence-electron chi connectivity index (χ4n) is 4.03. The second kappa shape index (κ2) is 4.48. The number of fused-ring (bicyclic) bond motifs is 2. The number of likely N-dealkylation sites (tertiary alicyclic amines) is 1. The average Bonchev–Trinajstić information content (AvgIpc) is 2.64. The molecule has 104 valence electrons. The maximum absolute atomic E-state index is 12.9. The second-order valence-electron chi connectivity index (χ2n) is 6.28. The number of carbonyl (C=O) groups is 1. The van der Waals surface area contributed by atoms with Crippen molar-refractivity contribution in [1.29, 1.82) is 0 Å². The highest BCUT2D eigenvalue weighted by atomic mass is 16.1. The van der Waals surface area contributed by atoms with Crippen LogP contribution in [0.5, 0.6) is 0 Å². The third-order valence-corrected chi connectivity index (χ3v) is 5.29. The number of rotatable bonds is 1. The Labute approximate surface area is 115 Å². The lowest BCUT2D eigenvalue weighted by molar-refractivity contribution is 0.0702. The van der Waals surface area contributed by atoms with Gasteiger partial charge in [-0.05, 0) is 51.3 Å². The average molecular weight is 260 g/mol. The van der Waals surface area contributed by atoms with E-state index in [1.165, 1.54) is 17.0 Å². The van der Waals surface area contributed by atoms with Crippen LogP contribution >= 0.6 is 0 Å². The van der Waals surface area contributed by atoms with E-state index in [-0.39, 0.29) is 5.92 Å². The van der Waals surface area contributed by atoms with Gasteiger partial charge in [0.05, 0.1) is 0 Å². The van der Waals surface area contributed by atoms with Gasteiger partial charge in [-0.25, -0.2) is 0 Å². The first-order valence-electron chi connectivity index (χ1n) is 7.44. The van der Waals surface area contributed by atoms with Gasteiger partial charge < -0.3 is 9.47 Å². The minimum absolute atomic E-state index is 0.235. The van der Waals surface area contributed by atoms with Crippen LogP contribution in [0, 0.1) is 18.8 Å². The minimum Gasteiger partial charge on any atom is -0.351 e. The van der Waals surface area contributed by atoms with Gasteiger partial charge in [0.15, 0.2) is 5.78 Å². The molecule has 0 bridgehead atoms. The molecular weight excluding hydrogens is 236 g/mol. The molecule has 2 atom stereocenters. The molecule has 1 aromatic rings. The highest BCUT2D eigenvalue weighted by Gasteiger charge is 2.41. The molecule has 0 aromatic carbocycles. The smallest absolute Gasteiger partial charge is 0.169 e. The summed E-state index contributed by atoms with van der Waals surface area (Å²) in [7, 11) is 4.26. The highest BCUT2D eigenvalue weighted by Crippen LogP contribution is 2.38. The summed E-state index contributed by atoms with van der Waals surface area (Å²) in [5.74, 6) is 1.21. The molecule has 1 saturated heterocycles. The first kappa shape index (κ1) is 12.9. The SMILES string of the molecule is CCc1c2c(n(C)c1C)C[C@@H]1CCN(C)C[C@H]1C2=O. The van der Waals surface area contributed by atoms with E-state index in [4.69, 9.17) is 0 Å². The van der Waals surface area contributed by atoms with E-state index < -0.39 is 0 Å². The topological polar surface area (TPSA) is 25.2 Å². The number of hydrogen-bond acceptors (Lipinski definition) is 2. The molecule has 0 spiro atoms. The number of nitrogens with zero attached hydrogens (tertiary/aromatic N) is 2. The zero-order valence-electron chi connectivity index (χ0n) is 12.5. The summed E-state index contributed by atoms with van der Waals surface area (Å²) in [4.78, 5) is 15.2. The summed E-state index contributed by atoms with van der Waals surface area (Å²) in [5, 5.41) is 0. The molecular formula is C16H24N2O. The largest absolute Gasteiger partial charge is 0.351 e. The number of carbonyl (C=O) groups excluding carboxylic acids is 1. The second-order valence-corrected chi connectivity index (χ2v) is 6.28. The maximum Gasteiger partial charge on any atom is 0.169 e. The van der Waals surface area contributed by atoms with E-state index in [2.05, 4.69) is 37.4 Å². The first-order valence-corrected chi connectivity index (χ1v) is 7.44. The zero-order chi connectivity index (χ0) is 13.7. The van der Waals surface area contributed by atoms with Gasteiger partial charge >= 0.3 is 0 Å². The standard InChI is InChI=1S/C16H24N2O/c1-5-12-10(2)18(4)14-8-11-6-7-17(3)9-13(11)16(19)15(12)14/h11,13H,5-9H2,1-4H3/t11-,13+/m0/s1. The van der Waals surface area contributed by atoms with Crippen molar-refractivity contribution in [3.63, 3.8) is 0 Å². The maximum atomic E-state index is 12.9. The minimum atomic E-state index is 0.235. The van der Waals surface area contributed by atoms with Crippen molar-refractivity contribution in [2.24, 2.45) is 18.9 Å². The molecule has 1 aliphatic carbocycles. The van der Waals surface area contributed by atoms with Crippen LogP contribution in [0.25, 0.3) is 0 Å². The molecule has 0 amide bonds. The van der Waals surface area contributed by atoms with E-state index in [0.29, 0.717) is 11.7 Å². The van der Waals surface area contributed by atoms with Gasteiger partial charge in [0.1, 0.15) is 0 Å². The van der Waals surface area contributed by atoms with Crippen LogP contribution in [-0.2, 0) is 19.9 Å². The van der Waals surface area contributed by atoms with Gasteiger partial charge in [0.2, 0.25) is 0 Å². The molecule has 3 heteroatoms. The molecule has 3 rings (SSSR count). The number of Topliss-reactive ketones (excluding diaryl/α,β-unsaturated/α-hetero) is 1. The van der Waals surface area contributed by atoms with E-state index in [1.54, 1.807) is 0 Å². The van der Waals surface area contributed by atoms with E-state index >= 15 is 0 Å². The highest BCUT2D eigenvalue weighted by molar-refractivity contribution is 6.02. The molecule has 0 unspecified atom stereocenters. The van der Waals surface area contributed by atoms with E-state index in [1.807, 2.05) is 0 Å². The van der Waals surface area contributed by atoms with Crippen LogP contribution in [0.1, 0.15) is 40.7 Å². The molecule has 1 fully saturated rings. The summed E-state index contributed by atoms with van der Waals surface area (Å²) in [6.07, 6.45) is 3.23. The lowest BCUT2D eigenvalue weighted by Gasteiger charge is -2.39. The van der Waals surface area contributed by atoms with Gasteiger partial charge in [0.25, 0.3) is 0 Å². The molecule has 3 nitrogen and oxygen atoms in total. The Morgan fingerprint density at radius 1 is 1.32 bits per heavy atom. The molecule has 2 heterocycles. The Hall–Kier alpha value is -1.09. The Kier molecular flexibility index (Phi) is 3.05. The predicted molar refractivity (Wildman–Crippen MR) is 76.7 cm³/mol. The van der Waals surface area contributed by atoms with Crippen LogP contribution in [0.4, 0.5) is 0 Å². The fraction of sp³-hybridized carbons (Fsp3) is 0.688. The van der Waals surface area contributed by atoms with Crippen molar-refractivity contribution in [3.05, 3.63) is 22.5 Å². The van der Waals surface area contributed by atoms with Gasteiger partial charge in [0, 0.05) is 36.5 Å². The summed E-state index contributed by atoms with van der Waals surface area (Å²) < 4.78 is 2.26. The Morgan fingerprint density at radius 2 is 2.05 bits per heavy atom. The summed E-state index contributed by atoms with van der Waals surface area (Å²) in [6.45, 7) is 6.39. The number of aromatic nitrogens is 1.